The molecule has 2 N–H and O–H groups in total. The van der Waals surface area contributed by atoms with Gasteiger partial charge in [0.1, 0.15) is 17.1 Å². The Morgan fingerprint density at radius 2 is 2.04 bits per heavy atom. The average molecular weight is 375 g/mol. The zero-order chi connectivity index (χ0) is 18.0. The molecular weight excluding hydrogens is 360 g/mol. The molecule has 128 valence electrons. The van der Waals surface area contributed by atoms with Crippen molar-refractivity contribution in [3.63, 3.8) is 0 Å². The van der Waals surface area contributed by atoms with Gasteiger partial charge in [0, 0.05) is 0 Å². The summed E-state index contributed by atoms with van der Waals surface area (Å²) in [5, 5.41) is 12.0. The summed E-state index contributed by atoms with van der Waals surface area (Å²) in [5.41, 5.74) is 3.88. The Balaban J connectivity index is 1.89. The minimum atomic E-state index is -1.08. The third-order valence-corrected chi connectivity index (χ3v) is 4.88. The van der Waals surface area contributed by atoms with Crippen LogP contribution in [0.15, 0.2) is 36.4 Å². The second kappa shape index (κ2) is 7.21. The van der Waals surface area contributed by atoms with Crippen molar-refractivity contribution in [2.75, 3.05) is 6.54 Å². The molecule has 0 saturated heterocycles. The van der Waals surface area contributed by atoms with E-state index in [1.54, 1.807) is 0 Å². The van der Waals surface area contributed by atoms with Gasteiger partial charge in [0.15, 0.2) is 0 Å². The SMILES string of the molecule is Cc1cccc(-c2cc(Cl)c3nc(CC(=O)NCC(=O)O)sc3c2)c1. The van der Waals surface area contributed by atoms with E-state index < -0.39 is 12.5 Å². The van der Waals surface area contributed by atoms with Crippen LogP contribution < -0.4 is 5.32 Å². The highest BCUT2D eigenvalue weighted by molar-refractivity contribution is 7.18. The first-order valence-electron chi connectivity index (χ1n) is 7.57. The lowest BCUT2D eigenvalue weighted by Crippen LogP contribution is -2.30. The molecule has 0 aliphatic carbocycles. The topological polar surface area (TPSA) is 79.3 Å². The van der Waals surface area contributed by atoms with Crippen LogP contribution in [0.3, 0.4) is 0 Å². The zero-order valence-corrected chi connectivity index (χ0v) is 14.9. The van der Waals surface area contributed by atoms with Crippen LogP contribution >= 0.6 is 22.9 Å². The van der Waals surface area contributed by atoms with E-state index in [1.807, 2.05) is 37.3 Å². The molecule has 3 rings (SSSR count). The highest BCUT2D eigenvalue weighted by Crippen LogP contribution is 2.34. The number of amides is 1. The molecule has 0 aliphatic heterocycles. The van der Waals surface area contributed by atoms with Gasteiger partial charge in [-0.25, -0.2) is 4.98 Å². The van der Waals surface area contributed by atoms with E-state index in [4.69, 9.17) is 16.7 Å². The lowest BCUT2D eigenvalue weighted by atomic mass is 10.0. The Morgan fingerprint density at radius 3 is 2.76 bits per heavy atom. The zero-order valence-electron chi connectivity index (χ0n) is 13.4. The number of halogens is 1. The normalized spacial score (nSPS) is 10.8. The van der Waals surface area contributed by atoms with Crippen LogP contribution in [-0.4, -0.2) is 28.5 Å². The first kappa shape index (κ1) is 17.4. The van der Waals surface area contributed by atoms with Crippen LogP contribution in [0.25, 0.3) is 21.3 Å². The molecule has 0 spiro atoms. The lowest BCUT2D eigenvalue weighted by Gasteiger charge is -2.04. The van der Waals surface area contributed by atoms with Gasteiger partial charge in [0.2, 0.25) is 5.91 Å². The van der Waals surface area contributed by atoms with Crippen molar-refractivity contribution < 1.29 is 14.7 Å². The Bertz CT molecular complexity index is 968. The predicted octanol–water partition coefficient (Wildman–Crippen LogP) is 3.67. The van der Waals surface area contributed by atoms with Gasteiger partial charge in [-0.2, -0.15) is 0 Å². The molecule has 0 unspecified atom stereocenters. The van der Waals surface area contributed by atoms with Gasteiger partial charge in [-0.1, -0.05) is 41.4 Å². The van der Waals surface area contributed by atoms with Gasteiger partial charge in [0.05, 0.1) is 16.1 Å². The molecule has 0 bridgehead atoms. The lowest BCUT2D eigenvalue weighted by molar-refractivity contribution is -0.137. The van der Waals surface area contributed by atoms with E-state index in [9.17, 15) is 9.59 Å². The van der Waals surface area contributed by atoms with Gasteiger partial charge >= 0.3 is 5.97 Å². The van der Waals surface area contributed by atoms with E-state index in [1.165, 1.54) is 11.3 Å². The van der Waals surface area contributed by atoms with Crippen molar-refractivity contribution in [2.24, 2.45) is 0 Å². The largest absolute Gasteiger partial charge is 0.480 e. The van der Waals surface area contributed by atoms with E-state index in [0.29, 0.717) is 15.5 Å². The minimum Gasteiger partial charge on any atom is -0.480 e. The summed E-state index contributed by atoms with van der Waals surface area (Å²) in [6, 6.07) is 12.0. The molecule has 0 radical (unpaired) electrons. The number of hydrogen-bond acceptors (Lipinski definition) is 4. The maximum atomic E-state index is 11.8. The summed E-state index contributed by atoms with van der Waals surface area (Å²) in [4.78, 5) is 26.7. The number of hydrogen-bond donors (Lipinski definition) is 2. The third-order valence-electron chi connectivity index (χ3n) is 3.59. The number of rotatable bonds is 5. The fourth-order valence-electron chi connectivity index (χ4n) is 2.48. The molecule has 0 aliphatic rings. The van der Waals surface area contributed by atoms with Crippen molar-refractivity contribution in [1.29, 1.82) is 0 Å². The Kier molecular flexibility index (Phi) is 5.01. The van der Waals surface area contributed by atoms with E-state index >= 15 is 0 Å². The molecule has 1 heterocycles. The molecule has 1 aromatic heterocycles. The van der Waals surface area contributed by atoms with E-state index in [-0.39, 0.29) is 12.3 Å². The second-order valence-electron chi connectivity index (χ2n) is 5.63. The highest BCUT2D eigenvalue weighted by Gasteiger charge is 2.13. The van der Waals surface area contributed by atoms with Crippen molar-refractivity contribution in [3.8, 4) is 11.1 Å². The summed E-state index contributed by atoms with van der Waals surface area (Å²) in [6.45, 7) is 1.63. The van der Waals surface area contributed by atoms with Crippen LogP contribution in [0.4, 0.5) is 0 Å². The van der Waals surface area contributed by atoms with Crippen LogP contribution in [0.2, 0.25) is 5.02 Å². The third kappa shape index (κ3) is 4.15. The number of benzene rings is 2. The Morgan fingerprint density at radius 1 is 1.24 bits per heavy atom. The highest BCUT2D eigenvalue weighted by atomic mass is 35.5. The molecule has 3 aromatic rings. The number of aliphatic carboxylic acids is 1. The van der Waals surface area contributed by atoms with Crippen molar-refractivity contribution in [3.05, 3.63) is 52.0 Å². The fraction of sp³-hybridized carbons (Fsp3) is 0.167. The Labute approximate surface area is 153 Å². The number of nitrogens with one attached hydrogen (secondary N) is 1. The van der Waals surface area contributed by atoms with Gasteiger partial charge in [-0.15, -0.1) is 11.3 Å². The van der Waals surface area contributed by atoms with Crippen molar-refractivity contribution in [2.45, 2.75) is 13.3 Å². The number of thiazole rings is 1. The van der Waals surface area contributed by atoms with Crippen LogP contribution in [0, 0.1) is 6.92 Å². The Hall–Kier alpha value is -2.44. The predicted molar refractivity (Wildman–Crippen MR) is 99.2 cm³/mol. The summed E-state index contributed by atoms with van der Waals surface area (Å²) in [6.07, 6.45) is 0.0305. The van der Waals surface area contributed by atoms with Crippen LogP contribution in [-0.2, 0) is 16.0 Å². The molecule has 5 nitrogen and oxygen atoms in total. The van der Waals surface area contributed by atoms with Gasteiger partial charge in [0.25, 0.3) is 0 Å². The summed E-state index contributed by atoms with van der Waals surface area (Å²) in [7, 11) is 0. The monoisotopic (exact) mass is 374 g/mol. The molecule has 0 saturated carbocycles. The number of aryl methyl sites for hydroxylation is 1. The standard InChI is InChI=1S/C18H15ClN2O3S/c1-10-3-2-4-11(5-10)12-6-13(19)18-14(7-12)25-16(21-18)8-15(22)20-9-17(23)24/h2-7H,8-9H2,1H3,(H,20,22)(H,23,24). The van der Waals surface area contributed by atoms with Gasteiger partial charge < -0.3 is 10.4 Å². The van der Waals surface area contributed by atoms with Crippen LogP contribution in [0.5, 0.6) is 0 Å². The van der Waals surface area contributed by atoms with Crippen molar-refractivity contribution >= 4 is 45.0 Å². The average Bonchev–Trinajstić information content (AvgIpc) is 2.96. The van der Waals surface area contributed by atoms with Crippen molar-refractivity contribution in [1.82, 2.24) is 10.3 Å². The number of aromatic nitrogens is 1. The number of carboxylic acid groups (broad SMARTS) is 1. The summed E-state index contributed by atoms with van der Waals surface area (Å²) in [5.74, 6) is -1.46. The molecule has 2 aromatic carbocycles. The van der Waals surface area contributed by atoms with Gasteiger partial charge in [-0.05, 0) is 30.2 Å². The molecule has 1 amide bonds. The number of fused-ring (bicyclic) bond motifs is 1. The summed E-state index contributed by atoms with van der Waals surface area (Å²) >= 11 is 7.75. The van der Waals surface area contributed by atoms with E-state index in [2.05, 4.69) is 16.4 Å². The maximum absolute atomic E-state index is 11.8. The van der Waals surface area contributed by atoms with Gasteiger partial charge in [-0.3, -0.25) is 9.59 Å². The maximum Gasteiger partial charge on any atom is 0.322 e. The quantitative estimate of drug-likeness (QED) is 0.714. The fourth-order valence-corrected chi connectivity index (χ4v) is 3.83. The van der Waals surface area contributed by atoms with Crippen LogP contribution in [0.1, 0.15) is 10.6 Å². The summed E-state index contributed by atoms with van der Waals surface area (Å²) < 4.78 is 0.894. The smallest absolute Gasteiger partial charge is 0.322 e. The molecular formula is C18H15ClN2O3S. The first-order valence-corrected chi connectivity index (χ1v) is 8.76. The molecule has 0 atom stereocenters. The molecule has 7 heteroatoms. The number of carboxylic acids is 1. The first-order chi connectivity index (χ1) is 11.9. The number of carbonyl (C=O) groups excluding carboxylic acids is 1. The molecule has 0 fully saturated rings. The molecule has 25 heavy (non-hydrogen) atoms. The van der Waals surface area contributed by atoms with E-state index in [0.717, 1.165) is 21.4 Å². The number of nitrogens with zero attached hydrogens (tertiary/aromatic N) is 1. The minimum absolute atomic E-state index is 0.0305. The second-order valence-corrected chi connectivity index (χ2v) is 7.15. The number of carbonyl (C=O) groups is 2.